The van der Waals surface area contributed by atoms with Crippen LogP contribution in [0.25, 0.3) is 0 Å². The van der Waals surface area contributed by atoms with Gasteiger partial charge in [-0.3, -0.25) is 14.4 Å². The fourth-order valence-corrected chi connectivity index (χ4v) is 2.21. The summed E-state index contributed by atoms with van der Waals surface area (Å²) in [6.45, 7) is 9.06. The van der Waals surface area contributed by atoms with Crippen LogP contribution in [0.15, 0.2) is 0 Å². The molecule has 27 heavy (non-hydrogen) atoms. The molecule has 0 aliphatic carbocycles. The lowest BCUT2D eigenvalue weighted by atomic mass is 10.1. The molecule has 1 unspecified atom stereocenters. The zero-order valence-electron chi connectivity index (χ0n) is 17.7. The molecule has 0 aromatic rings. The van der Waals surface area contributed by atoms with Gasteiger partial charge >= 0.3 is 6.09 Å². The fraction of sp³-hybridized carbons (Fsp3) is 0.778. The van der Waals surface area contributed by atoms with Crippen LogP contribution in [0.3, 0.4) is 0 Å². The number of amides is 4. The smallest absolute Gasteiger partial charge is 0.408 e. The van der Waals surface area contributed by atoms with Crippen LogP contribution in [0, 0.1) is 5.92 Å². The molecule has 0 spiro atoms. The van der Waals surface area contributed by atoms with E-state index in [0.717, 1.165) is 0 Å². The maximum Gasteiger partial charge on any atom is 0.408 e. The van der Waals surface area contributed by atoms with E-state index in [1.807, 2.05) is 0 Å². The first kappa shape index (κ1) is 24.7. The van der Waals surface area contributed by atoms with Crippen LogP contribution in [0.5, 0.6) is 0 Å². The number of ether oxygens (including phenoxy) is 1. The minimum Gasteiger partial charge on any atom is -0.447 e. The maximum atomic E-state index is 12.8. The van der Waals surface area contributed by atoms with Crippen molar-refractivity contribution in [1.29, 1.82) is 0 Å². The molecule has 0 heterocycles. The summed E-state index contributed by atoms with van der Waals surface area (Å²) in [6, 6.07) is -0.948. The zero-order valence-corrected chi connectivity index (χ0v) is 17.7. The summed E-state index contributed by atoms with van der Waals surface area (Å²) in [5.74, 6) is -0.828. The molecule has 0 rings (SSSR count). The van der Waals surface area contributed by atoms with Crippen molar-refractivity contribution in [2.75, 3.05) is 40.8 Å². The number of carbonyl (C=O) groups is 4. The van der Waals surface area contributed by atoms with E-state index < -0.39 is 12.1 Å². The Kier molecular flexibility index (Phi) is 10.4. The van der Waals surface area contributed by atoms with Crippen LogP contribution in [0.1, 0.15) is 34.6 Å². The monoisotopic (exact) mass is 386 g/mol. The van der Waals surface area contributed by atoms with Crippen molar-refractivity contribution in [3.05, 3.63) is 0 Å². The van der Waals surface area contributed by atoms with E-state index in [-0.39, 0.29) is 36.3 Å². The maximum absolute atomic E-state index is 12.8. The Bertz CT molecular complexity index is 536. The van der Waals surface area contributed by atoms with E-state index in [1.165, 1.54) is 21.6 Å². The summed E-state index contributed by atoms with van der Waals surface area (Å²) >= 11 is 0. The van der Waals surface area contributed by atoms with Crippen molar-refractivity contribution in [1.82, 2.24) is 20.0 Å². The number of hydrogen-bond acceptors (Lipinski definition) is 5. The molecule has 1 N–H and O–H groups in total. The van der Waals surface area contributed by atoms with Crippen molar-refractivity contribution < 1.29 is 23.9 Å². The Morgan fingerprint density at radius 2 is 1.37 bits per heavy atom. The second-order valence-electron chi connectivity index (χ2n) is 7.22. The quantitative estimate of drug-likeness (QED) is 0.624. The Labute approximate surface area is 162 Å². The van der Waals surface area contributed by atoms with E-state index in [0.29, 0.717) is 13.1 Å². The van der Waals surface area contributed by atoms with Crippen molar-refractivity contribution in [2.24, 2.45) is 5.92 Å². The molecule has 0 aliphatic rings. The van der Waals surface area contributed by atoms with Crippen LogP contribution >= 0.6 is 0 Å². The van der Waals surface area contributed by atoms with Crippen LogP contribution in [0.2, 0.25) is 0 Å². The highest BCUT2D eigenvalue weighted by atomic mass is 16.6. The molecule has 9 heteroatoms. The number of hydrogen-bond donors (Lipinski definition) is 1. The van der Waals surface area contributed by atoms with E-state index in [1.54, 1.807) is 48.8 Å². The van der Waals surface area contributed by atoms with Gasteiger partial charge in [0.15, 0.2) is 0 Å². The van der Waals surface area contributed by atoms with Gasteiger partial charge in [-0.1, -0.05) is 13.8 Å². The van der Waals surface area contributed by atoms with Gasteiger partial charge in [0.1, 0.15) is 6.04 Å². The number of nitrogens with one attached hydrogen (secondary N) is 1. The third-order valence-electron chi connectivity index (χ3n) is 3.94. The predicted molar refractivity (Wildman–Crippen MR) is 102 cm³/mol. The van der Waals surface area contributed by atoms with E-state index >= 15 is 0 Å². The molecular weight excluding hydrogens is 352 g/mol. The van der Waals surface area contributed by atoms with Crippen LogP contribution < -0.4 is 5.32 Å². The molecule has 156 valence electrons. The van der Waals surface area contributed by atoms with Gasteiger partial charge in [-0.15, -0.1) is 0 Å². The third-order valence-corrected chi connectivity index (χ3v) is 3.94. The lowest BCUT2D eigenvalue weighted by molar-refractivity contribution is -0.137. The first-order valence-corrected chi connectivity index (χ1v) is 9.05. The van der Waals surface area contributed by atoms with Crippen molar-refractivity contribution in [3.8, 4) is 0 Å². The van der Waals surface area contributed by atoms with E-state index in [9.17, 15) is 19.2 Å². The van der Waals surface area contributed by atoms with Gasteiger partial charge in [0, 0.05) is 53.6 Å². The summed E-state index contributed by atoms with van der Waals surface area (Å²) in [4.78, 5) is 52.5. The van der Waals surface area contributed by atoms with Gasteiger partial charge in [-0.25, -0.2) is 4.79 Å². The number of alkyl carbamates (subject to hydrolysis) is 1. The SMILES string of the molecule is CC(=O)N(C)CCN(C)C(=O)C(CN(C)C(=O)C(C)C)NC(=O)OC(C)C. The highest BCUT2D eigenvalue weighted by molar-refractivity contribution is 5.87. The largest absolute Gasteiger partial charge is 0.447 e. The average Bonchev–Trinajstić information content (AvgIpc) is 2.55. The molecule has 1 atom stereocenters. The number of carbonyl (C=O) groups excluding carboxylic acids is 4. The van der Waals surface area contributed by atoms with E-state index in [4.69, 9.17) is 4.74 Å². The molecule has 0 radical (unpaired) electrons. The standard InChI is InChI=1S/C18H34N4O5/c1-12(2)16(24)22(8)11-15(19-18(26)27-13(3)4)17(25)21(7)10-9-20(6)14(5)23/h12-13,15H,9-11H2,1-8H3,(H,19,26). The van der Waals surface area contributed by atoms with Crippen molar-refractivity contribution in [2.45, 2.75) is 46.8 Å². The van der Waals surface area contributed by atoms with Crippen molar-refractivity contribution >= 4 is 23.8 Å². The summed E-state index contributed by atoms with van der Waals surface area (Å²) in [5, 5.41) is 2.54. The van der Waals surface area contributed by atoms with Gasteiger partial charge < -0.3 is 24.8 Å². The normalized spacial score (nSPS) is 11.8. The molecule has 4 amide bonds. The molecule has 0 bridgehead atoms. The summed E-state index contributed by atoms with van der Waals surface area (Å²) in [6.07, 6.45) is -1.05. The second kappa shape index (κ2) is 11.4. The van der Waals surface area contributed by atoms with E-state index in [2.05, 4.69) is 5.32 Å². The first-order chi connectivity index (χ1) is 12.4. The Balaban J connectivity index is 5.13. The van der Waals surface area contributed by atoms with Crippen LogP contribution in [0.4, 0.5) is 4.79 Å². The van der Waals surface area contributed by atoms with Crippen LogP contribution in [-0.4, -0.2) is 91.4 Å². The number of likely N-dealkylation sites (N-methyl/N-ethyl adjacent to an activating group) is 3. The molecule has 0 saturated carbocycles. The van der Waals surface area contributed by atoms with Gasteiger partial charge in [0.05, 0.1) is 6.10 Å². The topological polar surface area (TPSA) is 99.3 Å². The zero-order chi connectivity index (χ0) is 21.3. The lowest BCUT2D eigenvalue weighted by Crippen LogP contribution is -2.54. The summed E-state index contributed by atoms with van der Waals surface area (Å²) < 4.78 is 5.05. The number of nitrogens with zero attached hydrogens (tertiary/aromatic N) is 3. The lowest BCUT2D eigenvalue weighted by Gasteiger charge is -2.29. The first-order valence-electron chi connectivity index (χ1n) is 9.05. The highest BCUT2D eigenvalue weighted by Crippen LogP contribution is 2.04. The molecule has 9 nitrogen and oxygen atoms in total. The Morgan fingerprint density at radius 1 is 0.852 bits per heavy atom. The molecule has 0 saturated heterocycles. The van der Waals surface area contributed by atoms with Gasteiger partial charge in [-0.2, -0.15) is 0 Å². The van der Waals surface area contributed by atoms with Crippen LogP contribution in [-0.2, 0) is 19.1 Å². The molecule has 0 fully saturated rings. The fourth-order valence-electron chi connectivity index (χ4n) is 2.21. The van der Waals surface area contributed by atoms with Crippen molar-refractivity contribution in [3.63, 3.8) is 0 Å². The molecular formula is C18H34N4O5. The molecule has 0 aromatic heterocycles. The molecule has 0 aliphatic heterocycles. The summed E-state index contributed by atoms with van der Waals surface area (Å²) in [7, 11) is 4.82. The van der Waals surface area contributed by atoms with Gasteiger partial charge in [0.2, 0.25) is 17.7 Å². The second-order valence-corrected chi connectivity index (χ2v) is 7.22. The summed E-state index contributed by atoms with van der Waals surface area (Å²) in [5.41, 5.74) is 0. The number of rotatable bonds is 9. The third kappa shape index (κ3) is 9.25. The Morgan fingerprint density at radius 3 is 1.81 bits per heavy atom. The van der Waals surface area contributed by atoms with Gasteiger partial charge in [-0.05, 0) is 13.8 Å². The van der Waals surface area contributed by atoms with Gasteiger partial charge in [0.25, 0.3) is 0 Å². The minimum absolute atomic E-state index is 0.0237. The Hall–Kier alpha value is -2.32. The minimum atomic E-state index is -0.948. The molecule has 0 aromatic carbocycles. The average molecular weight is 386 g/mol. The predicted octanol–water partition coefficient (Wildman–Crippen LogP) is 0.541. The highest BCUT2D eigenvalue weighted by Gasteiger charge is 2.28.